The minimum absolute atomic E-state index is 0.110. The number of nitrogens with zero attached hydrogens (tertiary/aromatic N) is 5. The Kier molecular flexibility index (Phi) is 6.60. The highest BCUT2D eigenvalue weighted by Crippen LogP contribution is 2.30. The summed E-state index contributed by atoms with van der Waals surface area (Å²) in [5, 5.41) is 3.38. The predicted octanol–water partition coefficient (Wildman–Crippen LogP) is 3.91. The van der Waals surface area contributed by atoms with Crippen LogP contribution in [0.4, 0.5) is 20.5 Å². The average molecular weight is 472 g/mol. The van der Waals surface area contributed by atoms with E-state index in [1.165, 1.54) is 4.57 Å². The molecule has 1 saturated carbocycles. The lowest BCUT2D eigenvalue weighted by Gasteiger charge is -2.34. The zero-order valence-corrected chi connectivity index (χ0v) is 19.3. The van der Waals surface area contributed by atoms with E-state index in [1.54, 1.807) is 24.3 Å². The molecular weight excluding hydrogens is 440 g/mol. The molecule has 1 aliphatic heterocycles. The fraction of sp³-hybridized carbons (Fsp3) is 0.542. The molecule has 3 N–H and O–H groups in total. The van der Waals surface area contributed by atoms with Gasteiger partial charge >= 0.3 is 0 Å². The third-order valence-corrected chi connectivity index (χ3v) is 6.81. The molecule has 1 aliphatic carbocycles. The normalized spacial score (nSPS) is 23.6. The van der Waals surface area contributed by atoms with Crippen LogP contribution in [0.2, 0.25) is 0 Å². The van der Waals surface area contributed by atoms with Crippen LogP contribution in [-0.4, -0.2) is 57.9 Å². The molecule has 5 rings (SSSR count). The number of morpholine rings is 1. The van der Waals surface area contributed by atoms with E-state index < -0.39 is 6.43 Å². The van der Waals surface area contributed by atoms with Gasteiger partial charge in [0.2, 0.25) is 5.95 Å². The number of para-hydroxylation sites is 2. The molecule has 34 heavy (non-hydrogen) atoms. The minimum atomic E-state index is -2.74. The van der Waals surface area contributed by atoms with Gasteiger partial charge in [0.05, 0.1) is 30.3 Å². The maximum Gasteiger partial charge on any atom is 0.296 e. The third kappa shape index (κ3) is 4.69. The van der Waals surface area contributed by atoms with Crippen molar-refractivity contribution in [2.75, 3.05) is 36.5 Å². The number of anilines is 2. The Labute approximate surface area is 197 Å². The smallest absolute Gasteiger partial charge is 0.296 e. The second-order valence-electron chi connectivity index (χ2n) is 9.28. The number of nitrogens with one attached hydrogen (secondary N) is 1. The summed E-state index contributed by atoms with van der Waals surface area (Å²) < 4.78 is 35.1. The van der Waals surface area contributed by atoms with Gasteiger partial charge < -0.3 is 20.7 Å². The van der Waals surface area contributed by atoms with Crippen molar-refractivity contribution < 1.29 is 13.5 Å². The van der Waals surface area contributed by atoms with Crippen molar-refractivity contribution in [3.8, 4) is 5.82 Å². The molecule has 2 aliphatic rings. The molecule has 1 atom stereocenters. The fourth-order valence-corrected chi connectivity index (χ4v) is 4.89. The maximum atomic E-state index is 14.0. The standard InChI is InChI=1S/C24H31F2N7O/c1-15-14-34-11-10-32(15)20-12-21(31-24(30-20)28-13-16-6-8-17(27)9-7-16)33-19-5-3-2-4-18(19)29-23(33)22(25)26/h2-5,12,15-17,22H,6-11,13-14,27H2,1H3,(H,28,30,31)/t15-,16-,17-/m0/s1. The van der Waals surface area contributed by atoms with Gasteiger partial charge in [0.15, 0.2) is 5.82 Å². The highest BCUT2D eigenvalue weighted by Gasteiger charge is 2.26. The van der Waals surface area contributed by atoms with E-state index >= 15 is 0 Å². The van der Waals surface area contributed by atoms with E-state index in [9.17, 15) is 8.78 Å². The van der Waals surface area contributed by atoms with Crippen LogP contribution < -0.4 is 16.0 Å². The molecule has 2 aromatic heterocycles. The maximum absolute atomic E-state index is 14.0. The Bertz CT molecular complexity index is 1130. The van der Waals surface area contributed by atoms with Gasteiger partial charge in [-0.1, -0.05) is 12.1 Å². The lowest BCUT2D eigenvalue weighted by molar-refractivity contribution is 0.0985. The summed E-state index contributed by atoms with van der Waals surface area (Å²) in [6.45, 7) is 4.63. The molecule has 0 spiro atoms. The van der Waals surface area contributed by atoms with E-state index in [4.69, 9.17) is 15.5 Å². The molecule has 1 aromatic carbocycles. The number of halogens is 2. The number of fused-ring (bicyclic) bond motifs is 1. The van der Waals surface area contributed by atoms with Crippen LogP contribution in [0.3, 0.4) is 0 Å². The van der Waals surface area contributed by atoms with Gasteiger partial charge in [0.25, 0.3) is 6.43 Å². The summed E-state index contributed by atoms with van der Waals surface area (Å²) in [6, 6.07) is 9.29. The number of rotatable bonds is 6. The SMILES string of the molecule is C[C@H]1COCCN1c1cc(-n2c(C(F)F)nc3ccccc32)nc(NC[C@H]2CC[C@H](N)CC2)n1. The lowest BCUT2D eigenvalue weighted by atomic mass is 9.86. The van der Waals surface area contributed by atoms with Gasteiger partial charge in [-0.2, -0.15) is 9.97 Å². The van der Waals surface area contributed by atoms with E-state index in [0.717, 1.165) is 32.2 Å². The van der Waals surface area contributed by atoms with Gasteiger partial charge in [-0.25, -0.2) is 13.8 Å². The first kappa shape index (κ1) is 22.9. The molecule has 0 unspecified atom stereocenters. The average Bonchev–Trinajstić information content (AvgIpc) is 3.24. The van der Waals surface area contributed by atoms with E-state index in [2.05, 4.69) is 27.1 Å². The number of hydrogen-bond acceptors (Lipinski definition) is 7. The lowest BCUT2D eigenvalue weighted by Crippen LogP contribution is -2.44. The van der Waals surface area contributed by atoms with Crippen molar-refractivity contribution in [1.29, 1.82) is 0 Å². The molecule has 2 fully saturated rings. The summed E-state index contributed by atoms with van der Waals surface area (Å²) >= 11 is 0. The van der Waals surface area contributed by atoms with E-state index in [0.29, 0.717) is 54.3 Å². The molecule has 3 aromatic rings. The van der Waals surface area contributed by atoms with Crippen molar-refractivity contribution in [2.45, 2.75) is 51.1 Å². The zero-order valence-electron chi connectivity index (χ0n) is 19.3. The number of imidazole rings is 1. The van der Waals surface area contributed by atoms with Gasteiger partial charge in [-0.15, -0.1) is 0 Å². The fourth-order valence-electron chi connectivity index (χ4n) is 4.89. The zero-order chi connectivity index (χ0) is 23.7. The van der Waals surface area contributed by atoms with Crippen LogP contribution in [0, 0.1) is 5.92 Å². The number of ether oxygens (including phenoxy) is 1. The topological polar surface area (TPSA) is 94.1 Å². The van der Waals surface area contributed by atoms with E-state index in [1.807, 2.05) is 6.07 Å². The largest absolute Gasteiger partial charge is 0.377 e. The molecule has 0 amide bonds. The van der Waals surface area contributed by atoms with Crippen LogP contribution in [0.15, 0.2) is 30.3 Å². The van der Waals surface area contributed by atoms with Crippen LogP contribution in [0.1, 0.15) is 44.9 Å². The quantitative estimate of drug-likeness (QED) is 0.563. The van der Waals surface area contributed by atoms with Crippen LogP contribution in [0.25, 0.3) is 16.9 Å². The Morgan fingerprint density at radius 2 is 1.88 bits per heavy atom. The Balaban J connectivity index is 1.54. The summed E-state index contributed by atoms with van der Waals surface area (Å²) in [5.74, 6) is 1.66. The number of aromatic nitrogens is 4. The monoisotopic (exact) mass is 471 g/mol. The van der Waals surface area contributed by atoms with Gasteiger partial charge in [-0.3, -0.25) is 4.57 Å². The molecule has 0 bridgehead atoms. The highest BCUT2D eigenvalue weighted by molar-refractivity contribution is 5.78. The molecule has 182 valence electrons. The molecule has 3 heterocycles. The van der Waals surface area contributed by atoms with Crippen molar-refractivity contribution in [3.63, 3.8) is 0 Å². The summed E-state index contributed by atoms with van der Waals surface area (Å²) in [4.78, 5) is 15.8. The van der Waals surface area contributed by atoms with Gasteiger partial charge in [0, 0.05) is 25.2 Å². The predicted molar refractivity (Wildman–Crippen MR) is 128 cm³/mol. The Morgan fingerprint density at radius 3 is 2.65 bits per heavy atom. The molecular formula is C24H31F2N7O. The minimum Gasteiger partial charge on any atom is -0.377 e. The third-order valence-electron chi connectivity index (χ3n) is 6.81. The summed E-state index contributed by atoms with van der Waals surface area (Å²) in [7, 11) is 0. The second-order valence-corrected chi connectivity index (χ2v) is 9.28. The van der Waals surface area contributed by atoms with Gasteiger partial charge in [0.1, 0.15) is 11.6 Å². The number of hydrogen-bond donors (Lipinski definition) is 2. The number of benzene rings is 1. The Hall–Kier alpha value is -2.85. The first-order valence-corrected chi connectivity index (χ1v) is 12.0. The molecule has 10 heteroatoms. The summed E-state index contributed by atoms with van der Waals surface area (Å²) in [6.07, 6.45) is 1.41. The second kappa shape index (κ2) is 9.79. The van der Waals surface area contributed by atoms with Crippen LogP contribution in [-0.2, 0) is 4.74 Å². The highest BCUT2D eigenvalue weighted by atomic mass is 19.3. The van der Waals surface area contributed by atoms with Gasteiger partial charge in [-0.05, 0) is 50.7 Å². The van der Waals surface area contributed by atoms with Crippen molar-refractivity contribution in [2.24, 2.45) is 11.7 Å². The molecule has 1 saturated heterocycles. The van der Waals surface area contributed by atoms with E-state index in [-0.39, 0.29) is 17.9 Å². The first-order valence-electron chi connectivity index (χ1n) is 12.0. The van der Waals surface area contributed by atoms with Crippen molar-refractivity contribution in [3.05, 3.63) is 36.2 Å². The van der Waals surface area contributed by atoms with Crippen molar-refractivity contribution >= 4 is 22.8 Å². The Morgan fingerprint density at radius 1 is 1.12 bits per heavy atom. The summed E-state index contributed by atoms with van der Waals surface area (Å²) in [5.41, 5.74) is 7.14. The number of nitrogens with two attached hydrogens (primary N) is 1. The van der Waals surface area contributed by atoms with Crippen LogP contribution in [0.5, 0.6) is 0 Å². The number of alkyl halides is 2. The van der Waals surface area contributed by atoms with Crippen LogP contribution >= 0.6 is 0 Å². The molecule has 0 radical (unpaired) electrons. The first-order chi connectivity index (χ1) is 16.5. The van der Waals surface area contributed by atoms with Crippen molar-refractivity contribution in [1.82, 2.24) is 19.5 Å². The molecule has 8 nitrogen and oxygen atoms in total.